The molecule has 1 N–H and O–H groups in total. The van der Waals surface area contributed by atoms with E-state index in [1.54, 1.807) is 0 Å². The van der Waals surface area contributed by atoms with Gasteiger partial charge in [-0.1, -0.05) is 17.7 Å². The van der Waals surface area contributed by atoms with Gasteiger partial charge in [0.05, 0.1) is 10.6 Å². The van der Waals surface area contributed by atoms with Crippen molar-refractivity contribution in [2.75, 3.05) is 0 Å². The number of rotatable bonds is 2. The summed E-state index contributed by atoms with van der Waals surface area (Å²) in [6.07, 6.45) is 0.283. The Balaban J connectivity index is 3.56. The topological polar surface area (TPSA) is 71.4 Å². The lowest BCUT2D eigenvalue weighted by atomic mass is 10.2. The van der Waals surface area contributed by atoms with Crippen molar-refractivity contribution < 1.29 is 17.8 Å². The number of hydrogen-bond acceptors (Lipinski definition) is 3. The lowest BCUT2D eigenvalue weighted by molar-refractivity contribution is 0.112. The molecule has 0 aromatic heterocycles. The van der Waals surface area contributed by atoms with Crippen molar-refractivity contribution in [3.05, 3.63) is 28.8 Å². The highest BCUT2D eigenvalue weighted by molar-refractivity contribution is 7.86. The Morgan fingerprint density at radius 2 is 2.00 bits per heavy atom. The molecule has 1 rings (SSSR count). The predicted octanol–water partition coefficient (Wildman–Crippen LogP) is 1.40. The highest BCUT2D eigenvalue weighted by Crippen LogP contribution is 2.21. The molecule has 4 nitrogen and oxygen atoms in total. The normalized spacial score (nSPS) is 11.2. The van der Waals surface area contributed by atoms with Gasteiger partial charge < -0.3 is 0 Å². The summed E-state index contributed by atoms with van der Waals surface area (Å²) in [5.74, 6) is 0. The van der Waals surface area contributed by atoms with Crippen molar-refractivity contribution >= 4 is 28.0 Å². The van der Waals surface area contributed by atoms with E-state index in [2.05, 4.69) is 0 Å². The SMILES string of the molecule is O=Cc1c(Cl)cccc1S(=O)(=O)O. The van der Waals surface area contributed by atoms with Crippen LogP contribution in [0.15, 0.2) is 23.1 Å². The maximum atomic E-state index is 10.7. The summed E-state index contributed by atoms with van der Waals surface area (Å²) in [6.45, 7) is 0. The lowest BCUT2D eigenvalue weighted by Gasteiger charge is -2.01. The van der Waals surface area contributed by atoms with E-state index in [1.807, 2.05) is 0 Å². The molecule has 0 heterocycles. The first kappa shape index (κ1) is 10.2. The fourth-order valence-electron chi connectivity index (χ4n) is 0.857. The van der Waals surface area contributed by atoms with Gasteiger partial charge in [0.1, 0.15) is 4.90 Å². The molecule has 1 aromatic carbocycles. The van der Waals surface area contributed by atoms with Crippen molar-refractivity contribution in [2.24, 2.45) is 0 Å². The van der Waals surface area contributed by atoms with Crippen molar-refractivity contribution in [1.82, 2.24) is 0 Å². The number of hydrogen-bond donors (Lipinski definition) is 1. The van der Waals surface area contributed by atoms with E-state index in [1.165, 1.54) is 12.1 Å². The third-order valence-electron chi connectivity index (χ3n) is 1.41. The van der Waals surface area contributed by atoms with Crippen molar-refractivity contribution in [1.29, 1.82) is 0 Å². The van der Waals surface area contributed by atoms with Gasteiger partial charge in [-0.3, -0.25) is 9.35 Å². The lowest BCUT2D eigenvalue weighted by Crippen LogP contribution is -2.02. The second-order valence-corrected chi connectivity index (χ2v) is 4.04. The van der Waals surface area contributed by atoms with Crippen LogP contribution in [0.5, 0.6) is 0 Å². The minimum atomic E-state index is -4.38. The first-order valence-corrected chi connectivity index (χ1v) is 5.00. The number of carbonyl (C=O) groups is 1. The number of halogens is 1. The van der Waals surface area contributed by atoms with E-state index in [0.717, 1.165) is 6.07 Å². The molecule has 0 unspecified atom stereocenters. The Morgan fingerprint density at radius 1 is 1.38 bits per heavy atom. The average Bonchev–Trinajstić information content (AvgIpc) is 2.02. The molecule has 13 heavy (non-hydrogen) atoms. The number of carbonyl (C=O) groups excluding carboxylic acids is 1. The minimum absolute atomic E-state index is 0.00914. The van der Waals surface area contributed by atoms with Gasteiger partial charge in [0.2, 0.25) is 0 Å². The molecule has 0 spiro atoms. The van der Waals surface area contributed by atoms with E-state index in [-0.39, 0.29) is 16.9 Å². The van der Waals surface area contributed by atoms with E-state index in [4.69, 9.17) is 16.2 Å². The van der Waals surface area contributed by atoms with Crippen LogP contribution in [0.2, 0.25) is 5.02 Å². The summed E-state index contributed by atoms with van der Waals surface area (Å²) >= 11 is 5.53. The second-order valence-electron chi connectivity index (χ2n) is 2.24. The number of aldehydes is 1. The Hall–Kier alpha value is -0.910. The van der Waals surface area contributed by atoms with Gasteiger partial charge in [0, 0.05) is 0 Å². The molecule has 0 saturated heterocycles. The van der Waals surface area contributed by atoms with E-state index in [9.17, 15) is 13.2 Å². The van der Waals surface area contributed by atoms with Gasteiger partial charge in [-0.15, -0.1) is 0 Å². The zero-order chi connectivity index (χ0) is 10.1. The Bertz CT molecular complexity index is 438. The minimum Gasteiger partial charge on any atom is -0.298 e. The average molecular weight is 221 g/mol. The molecule has 0 amide bonds. The largest absolute Gasteiger partial charge is 0.298 e. The fraction of sp³-hybridized carbons (Fsp3) is 0. The van der Waals surface area contributed by atoms with Crippen molar-refractivity contribution in [2.45, 2.75) is 4.90 Å². The van der Waals surface area contributed by atoms with Gasteiger partial charge in [0.15, 0.2) is 6.29 Å². The van der Waals surface area contributed by atoms with Crippen LogP contribution in [-0.4, -0.2) is 19.3 Å². The summed E-state index contributed by atoms with van der Waals surface area (Å²) in [7, 11) is -4.38. The second kappa shape index (κ2) is 3.45. The molecule has 0 radical (unpaired) electrons. The Kier molecular flexibility index (Phi) is 2.70. The van der Waals surface area contributed by atoms with Crippen molar-refractivity contribution in [3.8, 4) is 0 Å². The summed E-state index contributed by atoms with van der Waals surface area (Å²) in [5, 5.41) is -0.00914. The molecule has 0 fully saturated rings. The van der Waals surface area contributed by atoms with E-state index >= 15 is 0 Å². The van der Waals surface area contributed by atoms with Crippen LogP contribution in [0.1, 0.15) is 10.4 Å². The van der Waals surface area contributed by atoms with E-state index in [0.29, 0.717) is 0 Å². The molecule has 0 aliphatic heterocycles. The molecular weight excluding hydrogens is 216 g/mol. The molecular formula is C7H5ClO4S. The zero-order valence-electron chi connectivity index (χ0n) is 6.27. The molecule has 0 aliphatic carbocycles. The molecule has 0 atom stereocenters. The van der Waals surface area contributed by atoms with Crippen LogP contribution in [0.3, 0.4) is 0 Å². The standard InChI is InChI=1S/C7H5ClO4S/c8-6-2-1-3-7(5(6)4-9)13(10,11)12/h1-4H,(H,10,11,12). The smallest absolute Gasteiger partial charge is 0.295 e. The van der Waals surface area contributed by atoms with Gasteiger partial charge >= 0.3 is 0 Å². The third-order valence-corrected chi connectivity index (χ3v) is 2.65. The molecule has 1 aromatic rings. The first-order valence-electron chi connectivity index (χ1n) is 3.18. The molecule has 70 valence electrons. The van der Waals surface area contributed by atoms with Crippen LogP contribution in [-0.2, 0) is 10.1 Å². The van der Waals surface area contributed by atoms with Gasteiger partial charge in [-0.05, 0) is 12.1 Å². The van der Waals surface area contributed by atoms with Crippen molar-refractivity contribution in [3.63, 3.8) is 0 Å². The maximum absolute atomic E-state index is 10.7. The van der Waals surface area contributed by atoms with Crippen LogP contribution in [0.25, 0.3) is 0 Å². The van der Waals surface area contributed by atoms with Crippen LogP contribution < -0.4 is 0 Å². The Morgan fingerprint density at radius 3 is 2.38 bits per heavy atom. The fourth-order valence-corrected chi connectivity index (χ4v) is 1.82. The molecule has 0 bridgehead atoms. The monoisotopic (exact) mass is 220 g/mol. The van der Waals surface area contributed by atoms with Gasteiger partial charge in [-0.2, -0.15) is 8.42 Å². The summed E-state index contributed by atoms with van der Waals surface area (Å²) in [6, 6.07) is 3.79. The summed E-state index contributed by atoms with van der Waals surface area (Å²) < 4.78 is 30.1. The van der Waals surface area contributed by atoms with Gasteiger partial charge in [0.25, 0.3) is 10.1 Å². The number of benzene rings is 1. The highest BCUT2D eigenvalue weighted by Gasteiger charge is 2.16. The summed E-state index contributed by atoms with van der Waals surface area (Å²) in [5.41, 5.74) is -0.230. The van der Waals surface area contributed by atoms with E-state index < -0.39 is 15.0 Å². The third kappa shape index (κ3) is 2.06. The summed E-state index contributed by atoms with van der Waals surface area (Å²) in [4.78, 5) is 9.96. The van der Waals surface area contributed by atoms with Gasteiger partial charge in [-0.25, -0.2) is 0 Å². The maximum Gasteiger partial charge on any atom is 0.295 e. The Labute approximate surface area is 79.9 Å². The molecule has 0 saturated carbocycles. The quantitative estimate of drug-likeness (QED) is 0.604. The predicted molar refractivity (Wildman–Crippen MR) is 46.7 cm³/mol. The molecule has 0 aliphatic rings. The van der Waals surface area contributed by atoms with Crippen LogP contribution in [0, 0.1) is 0 Å². The first-order chi connectivity index (χ1) is 5.96. The van der Waals surface area contributed by atoms with Crippen LogP contribution >= 0.6 is 11.6 Å². The highest BCUT2D eigenvalue weighted by atomic mass is 35.5. The zero-order valence-corrected chi connectivity index (χ0v) is 7.84. The molecule has 6 heteroatoms. The van der Waals surface area contributed by atoms with Crippen LogP contribution in [0.4, 0.5) is 0 Å².